The average Bonchev–Trinajstić information content (AvgIpc) is 2.30. The van der Waals surface area contributed by atoms with Crippen LogP contribution in [-0.2, 0) is 0 Å². The van der Waals surface area contributed by atoms with Gasteiger partial charge < -0.3 is 10.4 Å². The monoisotopic (exact) mass is 324 g/mol. The van der Waals surface area contributed by atoms with E-state index in [1.165, 1.54) is 23.9 Å². The Morgan fingerprint density at radius 2 is 2.05 bits per heavy atom. The van der Waals surface area contributed by atoms with Gasteiger partial charge in [-0.1, -0.05) is 23.2 Å². The highest BCUT2D eigenvalue weighted by molar-refractivity contribution is 7.98. The fraction of sp³-hybridized carbons (Fsp3) is 0.455. The Hall–Kier alpha value is -0.690. The van der Waals surface area contributed by atoms with Crippen molar-refractivity contribution >= 4 is 46.3 Å². The molecule has 2 N–H and O–H groups in total. The lowest BCUT2D eigenvalue weighted by Crippen LogP contribution is -2.36. The maximum absolute atomic E-state index is 10.9. The standard InChI is InChI=1S/C11H14Cl2N2O3S/c1-11(16,6-19-2)5-14-9-3-7(12)8(13)4-10(9)15(17)18/h3-4,14,16H,5-6H2,1-2H3. The minimum atomic E-state index is -0.973. The van der Waals surface area contributed by atoms with E-state index in [9.17, 15) is 15.2 Å². The summed E-state index contributed by atoms with van der Waals surface area (Å²) >= 11 is 13.1. The number of aliphatic hydroxyl groups is 1. The minimum Gasteiger partial charge on any atom is -0.387 e. The Balaban J connectivity index is 2.94. The molecule has 1 rings (SSSR count). The molecule has 0 saturated heterocycles. The first-order valence-electron chi connectivity index (χ1n) is 5.35. The number of anilines is 1. The molecule has 0 saturated carbocycles. The average molecular weight is 325 g/mol. The third kappa shape index (κ3) is 4.72. The van der Waals surface area contributed by atoms with E-state index < -0.39 is 10.5 Å². The minimum absolute atomic E-state index is 0.120. The van der Waals surface area contributed by atoms with Crippen molar-refractivity contribution in [3.63, 3.8) is 0 Å². The van der Waals surface area contributed by atoms with Crippen molar-refractivity contribution in [3.05, 3.63) is 32.3 Å². The summed E-state index contributed by atoms with van der Waals surface area (Å²) in [6.45, 7) is 1.83. The largest absolute Gasteiger partial charge is 0.387 e. The molecule has 19 heavy (non-hydrogen) atoms. The second-order valence-electron chi connectivity index (χ2n) is 4.32. The molecule has 0 aliphatic heterocycles. The van der Waals surface area contributed by atoms with E-state index in [4.69, 9.17) is 23.2 Å². The van der Waals surface area contributed by atoms with Crippen molar-refractivity contribution < 1.29 is 10.0 Å². The molecule has 0 aromatic heterocycles. The lowest BCUT2D eigenvalue weighted by molar-refractivity contribution is -0.383. The molecular formula is C11H14Cl2N2O3S. The molecule has 1 aromatic rings. The number of benzene rings is 1. The summed E-state index contributed by atoms with van der Waals surface area (Å²) in [6.07, 6.45) is 1.87. The molecule has 8 heteroatoms. The van der Waals surface area contributed by atoms with Crippen LogP contribution in [0.2, 0.25) is 10.0 Å². The van der Waals surface area contributed by atoms with E-state index in [1.807, 2.05) is 6.26 Å². The van der Waals surface area contributed by atoms with Crippen LogP contribution >= 0.6 is 35.0 Å². The number of nitrogens with one attached hydrogen (secondary N) is 1. The molecule has 0 fully saturated rings. The summed E-state index contributed by atoms with van der Waals surface area (Å²) in [5.74, 6) is 0.509. The fourth-order valence-corrected chi connectivity index (χ4v) is 2.52. The quantitative estimate of drug-likeness (QED) is 0.619. The van der Waals surface area contributed by atoms with Gasteiger partial charge in [0.2, 0.25) is 0 Å². The number of rotatable bonds is 6. The topological polar surface area (TPSA) is 75.4 Å². The van der Waals surface area contributed by atoms with Gasteiger partial charge in [-0.15, -0.1) is 0 Å². The van der Waals surface area contributed by atoms with Gasteiger partial charge in [-0.05, 0) is 19.2 Å². The van der Waals surface area contributed by atoms with Crippen LogP contribution in [0, 0.1) is 10.1 Å². The highest BCUT2D eigenvalue weighted by atomic mass is 35.5. The predicted octanol–water partition coefficient (Wildman–Crippen LogP) is 3.43. The molecule has 0 aliphatic carbocycles. The van der Waals surface area contributed by atoms with Crippen LogP contribution in [0.4, 0.5) is 11.4 Å². The molecule has 0 amide bonds. The first-order valence-corrected chi connectivity index (χ1v) is 7.50. The first kappa shape index (κ1) is 16.4. The van der Waals surface area contributed by atoms with E-state index in [2.05, 4.69) is 5.32 Å². The van der Waals surface area contributed by atoms with Crippen molar-refractivity contribution in [2.75, 3.05) is 23.9 Å². The van der Waals surface area contributed by atoms with Crippen molar-refractivity contribution in [1.29, 1.82) is 0 Å². The molecule has 1 unspecified atom stereocenters. The third-order valence-corrected chi connectivity index (χ3v) is 3.98. The number of thioether (sulfide) groups is 1. The summed E-state index contributed by atoms with van der Waals surface area (Å²) in [5.41, 5.74) is -0.908. The first-order chi connectivity index (χ1) is 8.76. The van der Waals surface area contributed by atoms with Crippen molar-refractivity contribution in [3.8, 4) is 0 Å². The summed E-state index contributed by atoms with van der Waals surface area (Å²) < 4.78 is 0. The van der Waals surface area contributed by atoms with E-state index in [0.717, 1.165) is 0 Å². The Labute approximate surface area is 125 Å². The SMILES string of the molecule is CSCC(C)(O)CNc1cc(Cl)c(Cl)cc1[N+](=O)[O-]. The van der Waals surface area contributed by atoms with Gasteiger partial charge in [0.15, 0.2) is 0 Å². The predicted molar refractivity (Wildman–Crippen MR) is 80.6 cm³/mol. The maximum Gasteiger partial charge on any atom is 0.293 e. The molecule has 106 valence electrons. The summed E-state index contributed by atoms with van der Waals surface area (Å²) in [5, 5.41) is 24.1. The molecular weight excluding hydrogens is 311 g/mol. The zero-order chi connectivity index (χ0) is 14.6. The summed E-state index contributed by atoms with van der Waals surface area (Å²) in [7, 11) is 0. The van der Waals surface area contributed by atoms with Crippen LogP contribution in [0.3, 0.4) is 0 Å². The van der Waals surface area contributed by atoms with Gasteiger partial charge in [-0.2, -0.15) is 11.8 Å². The third-order valence-electron chi connectivity index (χ3n) is 2.35. The molecule has 0 spiro atoms. The molecule has 0 heterocycles. The molecule has 0 aliphatic rings. The number of hydrogen-bond acceptors (Lipinski definition) is 5. The second kappa shape index (κ2) is 6.65. The Bertz CT molecular complexity index is 483. The van der Waals surface area contributed by atoms with Gasteiger partial charge in [0.05, 0.1) is 20.6 Å². The normalized spacial score (nSPS) is 13.9. The highest BCUT2D eigenvalue weighted by Gasteiger charge is 2.22. The van der Waals surface area contributed by atoms with Crippen LogP contribution in [-0.4, -0.2) is 34.2 Å². The molecule has 0 radical (unpaired) electrons. The van der Waals surface area contributed by atoms with Gasteiger partial charge in [0.1, 0.15) is 5.69 Å². The van der Waals surface area contributed by atoms with E-state index >= 15 is 0 Å². The number of nitro groups is 1. The van der Waals surface area contributed by atoms with Gasteiger partial charge in [0.25, 0.3) is 5.69 Å². The van der Waals surface area contributed by atoms with Crippen molar-refractivity contribution in [2.45, 2.75) is 12.5 Å². The zero-order valence-corrected chi connectivity index (χ0v) is 12.8. The van der Waals surface area contributed by atoms with Crippen LogP contribution in [0.5, 0.6) is 0 Å². The Kier molecular flexibility index (Phi) is 5.73. The number of nitro benzene ring substituents is 1. The van der Waals surface area contributed by atoms with Crippen molar-refractivity contribution in [2.24, 2.45) is 0 Å². The van der Waals surface area contributed by atoms with Crippen LogP contribution in [0.1, 0.15) is 6.92 Å². The Morgan fingerprint density at radius 1 is 1.47 bits per heavy atom. The highest BCUT2D eigenvalue weighted by Crippen LogP contribution is 2.34. The second-order valence-corrected chi connectivity index (χ2v) is 6.00. The number of hydrogen-bond donors (Lipinski definition) is 2. The molecule has 1 aromatic carbocycles. The van der Waals surface area contributed by atoms with Gasteiger partial charge >= 0.3 is 0 Å². The van der Waals surface area contributed by atoms with Crippen LogP contribution < -0.4 is 5.32 Å². The molecule has 1 atom stereocenters. The smallest absolute Gasteiger partial charge is 0.293 e. The van der Waals surface area contributed by atoms with Gasteiger partial charge in [-0.3, -0.25) is 10.1 Å². The van der Waals surface area contributed by atoms with E-state index in [0.29, 0.717) is 5.75 Å². The van der Waals surface area contributed by atoms with Crippen LogP contribution in [0.15, 0.2) is 12.1 Å². The maximum atomic E-state index is 10.9. The lowest BCUT2D eigenvalue weighted by atomic mass is 10.1. The van der Waals surface area contributed by atoms with E-state index in [1.54, 1.807) is 6.92 Å². The Morgan fingerprint density at radius 3 is 2.58 bits per heavy atom. The fourth-order valence-electron chi connectivity index (χ4n) is 1.48. The van der Waals surface area contributed by atoms with Crippen LogP contribution in [0.25, 0.3) is 0 Å². The molecule has 0 bridgehead atoms. The number of halogens is 2. The molecule has 5 nitrogen and oxygen atoms in total. The zero-order valence-electron chi connectivity index (χ0n) is 10.4. The summed E-state index contributed by atoms with van der Waals surface area (Å²) in [6, 6.07) is 2.58. The van der Waals surface area contributed by atoms with E-state index in [-0.39, 0.29) is 28.0 Å². The lowest BCUT2D eigenvalue weighted by Gasteiger charge is -2.23. The van der Waals surface area contributed by atoms with Gasteiger partial charge in [-0.25, -0.2) is 0 Å². The van der Waals surface area contributed by atoms with Crippen molar-refractivity contribution in [1.82, 2.24) is 0 Å². The number of nitrogens with zero attached hydrogens (tertiary/aromatic N) is 1. The van der Waals surface area contributed by atoms with Gasteiger partial charge in [0, 0.05) is 18.4 Å². The summed E-state index contributed by atoms with van der Waals surface area (Å²) in [4.78, 5) is 10.4.